The molecule has 26 heavy (non-hydrogen) atoms. The topological polar surface area (TPSA) is 44.1 Å². The first-order chi connectivity index (χ1) is 12.7. The van der Waals surface area contributed by atoms with Crippen LogP contribution in [-0.4, -0.2) is 17.1 Å². The Bertz CT molecular complexity index is 850. The quantitative estimate of drug-likeness (QED) is 0.525. The predicted octanol–water partition coefficient (Wildman–Crippen LogP) is 3.92. The fourth-order valence-electron chi connectivity index (χ4n) is 3.49. The second kappa shape index (κ2) is 7.30. The van der Waals surface area contributed by atoms with Crippen LogP contribution in [0.15, 0.2) is 84.9 Å². The van der Waals surface area contributed by atoms with Crippen LogP contribution in [0.4, 0.5) is 5.69 Å². The molecule has 0 aromatic heterocycles. The summed E-state index contributed by atoms with van der Waals surface area (Å²) in [4.78, 5) is 0. The highest BCUT2D eigenvalue weighted by Gasteiger charge is 2.48. The number of nitrogens with two attached hydrogens (primary N) is 1. The van der Waals surface area contributed by atoms with Gasteiger partial charge in [-0.1, -0.05) is 72.8 Å². The number of hydrazine groups is 1. The van der Waals surface area contributed by atoms with E-state index in [9.17, 15) is 0 Å². The molecule has 3 aromatic rings. The van der Waals surface area contributed by atoms with E-state index in [-0.39, 0.29) is 12.3 Å². The number of rotatable bonds is 6. The molecule has 0 amide bonds. The Morgan fingerprint density at radius 3 is 2.31 bits per heavy atom. The summed E-state index contributed by atoms with van der Waals surface area (Å²) in [6, 6.07) is 29.2. The normalized spacial score (nSPS) is 22.7. The SMILES string of the molecule is C[N@]1C(c2ccccc2)N1C(NCc1ccccc1)c1cccc(N)c1. The van der Waals surface area contributed by atoms with E-state index >= 15 is 0 Å². The average Bonchev–Trinajstić information content (AvgIpc) is 3.34. The van der Waals surface area contributed by atoms with Gasteiger partial charge in [0.15, 0.2) is 0 Å². The molecule has 1 aliphatic rings. The number of anilines is 1. The maximum atomic E-state index is 6.04. The molecule has 1 aliphatic heterocycles. The third-order valence-corrected chi connectivity index (χ3v) is 4.85. The van der Waals surface area contributed by atoms with Crippen LogP contribution in [0.25, 0.3) is 0 Å². The molecule has 1 saturated heterocycles. The van der Waals surface area contributed by atoms with Gasteiger partial charge in [0, 0.05) is 19.3 Å². The Hall–Kier alpha value is -2.66. The molecule has 0 saturated carbocycles. The predicted molar refractivity (Wildman–Crippen MR) is 106 cm³/mol. The molecular weight excluding hydrogens is 320 g/mol. The molecule has 3 unspecified atom stereocenters. The van der Waals surface area contributed by atoms with Crippen molar-refractivity contribution in [3.05, 3.63) is 102 Å². The van der Waals surface area contributed by atoms with E-state index in [2.05, 4.69) is 89.1 Å². The fourth-order valence-corrected chi connectivity index (χ4v) is 3.49. The number of hydrogen-bond donors (Lipinski definition) is 2. The van der Waals surface area contributed by atoms with E-state index in [1.807, 2.05) is 18.2 Å². The highest BCUT2D eigenvalue weighted by atomic mass is 15.9. The van der Waals surface area contributed by atoms with Gasteiger partial charge >= 0.3 is 0 Å². The second-order valence-corrected chi connectivity index (χ2v) is 6.68. The van der Waals surface area contributed by atoms with Gasteiger partial charge in [-0.3, -0.25) is 5.32 Å². The van der Waals surface area contributed by atoms with E-state index in [1.54, 1.807) is 0 Å². The van der Waals surface area contributed by atoms with E-state index in [4.69, 9.17) is 5.73 Å². The smallest absolute Gasteiger partial charge is 0.117 e. The summed E-state index contributed by atoms with van der Waals surface area (Å²) in [5, 5.41) is 8.32. The molecule has 0 bridgehead atoms. The Kier molecular flexibility index (Phi) is 4.71. The summed E-state index contributed by atoms with van der Waals surface area (Å²) in [6.07, 6.45) is 0.333. The van der Waals surface area contributed by atoms with Crippen LogP contribution in [0.1, 0.15) is 29.0 Å². The zero-order chi connectivity index (χ0) is 17.9. The van der Waals surface area contributed by atoms with Crippen molar-refractivity contribution in [1.82, 2.24) is 15.3 Å². The number of nitrogens with zero attached hydrogens (tertiary/aromatic N) is 2. The zero-order valence-electron chi connectivity index (χ0n) is 14.9. The number of nitrogens with one attached hydrogen (secondary N) is 1. The van der Waals surface area contributed by atoms with Crippen molar-refractivity contribution in [3.8, 4) is 0 Å². The molecule has 3 N–H and O–H groups in total. The highest BCUT2D eigenvalue weighted by Crippen LogP contribution is 2.45. The van der Waals surface area contributed by atoms with Crippen molar-refractivity contribution in [3.63, 3.8) is 0 Å². The molecule has 132 valence electrons. The van der Waals surface area contributed by atoms with E-state index in [0.717, 1.165) is 12.2 Å². The van der Waals surface area contributed by atoms with Crippen molar-refractivity contribution in [2.24, 2.45) is 0 Å². The molecule has 0 spiro atoms. The maximum absolute atomic E-state index is 6.04. The van der Waals surface area contributed by atoms with Crippen LogP contribution in [0.3, 0.4) is 0 Å². The van der Waals surface area contributed by atoms with Gasteiger partial charge in [-0.25, -0.2) is 5.01 Å². The summed E-state index contributed by atoms with van der Waals surface area (Å²) in [5.41, 5.74) is 10.6. The van der Waals surface area contributed by atoms with Gasteiger partial charge < -0.3 is 5.73 Å². The maximum Gasteiger partial charge on any atom is 0.117 e. The first-order valence-corrected chi connectivity index (χ1v) is 8.93. The number of nitrogen functional groups attached to an aromatic ring is 1. The summed E-state index contributed by atoms with van der Waals surface area (Å²) in [5.74, 6) is 0. The Morgan fingerprint density at radius 2 is 1.62 bits per heavy atom. The molecule has 4 rings (SSSR count). The third kappa shape index (κ3) is 3.48. The molecular formula is C22H24N4. The van der Waals surface area contributed by atoms with Gasteiger partial charge in [0.2, 0.25) is 0 Å². The van der Waals surface area contributed by atoms with E-state index < -0.39 is 0 Å². The summed E-state index contributed by atoms with van der Waals surface area (Å²) in [6.45, 7) is 0.798. The molecule has 3 aromatic carbocycles. The minimum absolute atomic E-state index is 0.0638. The molecule has 4 heteroatoms. The minimum atomic E-state index is 0.0638. The monoisotopic (exact) mass is 344 g/mol. The standard InChI is InChI=1S/C22H24N4/c1-25-22(18-11-6-3-7-12-18)26(25)21(19-13-8-14-20(23)15-19)24-16-17-9-4-2-5-10-17/h2-15,21-22,24H,16,23H2,1H3/t21?,22?,25-,26?/m1/s1. The van der Waals surface area contributed by atoms with Crippen LogP contribution in [0, 0.1) is 0 Å². The van der Waals surface area contributed by atoms with Crippen molar-refractivity contribution in [1.29, 1.82) is 0 Å². The highest BCUT2D eigenvalue weighted by molar-refractivity contribution is 5.42. The van der Waals surface area contributed by atoms with Crippen molar-refractivity contribution in [2.75, 3.05) is 12.8 Å². The first-order valence-electron chi connectivity index (χ1n) is 8.93. The van der Waals surface area contributed by atoms with Crippen LogP contribution in [0.2, 0.25) is 0 Å². The van der Waals surface area contributed by atoms with Gasteiger partial charge in [-0.05, 0) is 28.8 Å². The average molecular weight is 344 g/mol. The lowest BCUT2D eigenvalue weighted by molar-refractivity contribution is 0.225. The minimum Gasteiger partial charge on any atom is -0.399 e. The van der Waals surface area contributed by atoms with Crippen LogP contribution in [0.5, 0.6) is 0 Å². The van der Waals surface area contributed by atoms with Gasteiger partial charge in [-0.15, -0.1) is 0 Å². The Labute approximate surface area is 154 Å². The second-order valence-electron chi connectivity index (χ2n) is 6.68. The van der Waals surface area contributed by atoms with E-state index in [0.29, 0.717) is 0 Å². The molecule has 0 aliphatic carbocycles. The molecule has 0 radical (unpaired) electrons. The third-order valence-electron chi connectivity index (χ3n) is 4.85. The molecule has 1 heterocycles. The molecule has 4 nitrogen and oxygen atoms in total. The fraction of sp³-hybridized carbons (Fsp3) is 0.182. The van der Waals surface area contributed by atoms with Crippen LogP contribution >= 0.6 is 0 Å². The molecule has 4 atom stereocenters. The lowest BCUT2D eigenvalue weighted by atomic mass is 10.1. The van der Waals surface area contributed by atoms with Gasteiger partial charge in [-0.2, -0.15) is 5.01 Å². The van der Waals surface area contributed by atoms with Crippen LogP contribution in [-0.2, 0) is 6.54 Å². The van der Waals surface area contributed by atoms with Gasteiger partial charge in [0.25, 0.3) is 0 Å². The number of benzene rings is 3. The van der Waals surface area contributed by atoms with Gasteiger partial charge in [0.1, 0.15) is 12.3 Å². The summed E-state index contributed by atoms with van der Waals surface area (Å²) < 4.78 is 0. The lowest BCUT2D eigenvalue weighted by Crippen LogP contribution is -2.29. The van der Waals surface area contributed by atoms with Gasteiger partial charge in [0.05, 0.1) is 0 Å². The summed E-state index contributed by atoms with van der Waals surface area (Å²) in [7, 11) is 2.13. The first kappa shape index (κ1) is 16.8. The Morgan fingerprint density at radius 1 is 0.923 bits per heavy atom. The van der Waals surface area contributed by atoms with Crippen molar-refractivity contribution in [2.45, 2.75) is 18.9 Å². The van der Waals surface area contributed by atoms with E-state index in [1.165, 1.54) is 16.7 Å². The number of hydrogen-bond acceptors (Lipinski definition) is 4. The summed E-state index contributed by atoms with van der Waals surface area (Å²) >= 11 is 0. The Balaban J connectivity index is 1.59. The van der Waals surface area contributed by atoms with Crippen molar-refractivity contribution < 1.29 is 0 Å². The van der Waals surface area contributed by atoms with Crippen LogP contribution < -0.4 is 11.1 Å². The zero-order valence-corrected chi connectivity index (χ0v) is 14.9. The molecule has 1 fully saturated rings. The van der Waals surface area contributed by atoms with Crippen molar-refractivity contribution >= 4 is 5.69 Å². The lowest BCUT2D eigenvalue weighted by Gasteiger charge is -2.21. The largest absolute Gasteiger partial charge is 0.399 e.